The summed E-state index contributed by atoms with van der Waals surface area (Å²) in [5.74, 6) is 1.91. The summed E-state index contributed by atoms with van der Waals surface area (Å²) >= 11 is 1.47. The minimum Gasteiger partial charge on any atom is -0.493 e. The third kappa shape index (κ3) is 5.69. The summed E-state index contributed by atoms with van der Waals surface area (Å²) in [7, 11) is 7.25. The van der Waals surface area contributed by atoms with Crippen molar-refractivity contribution < 1.29 is 19.0 Å². The number of amides is 1. The average molecular weight is 458 g/mol. The summed E-state index contributed by atoms with van der Waals surface area (Å²) in [5.41, 5.74) is 1.37. The number of methoxy groups -OCH3 is 2. The molecule has 0 aliphatic rings. The van der Waals surface area contributed by atoms with Crippen LogP contribution >= 0.6 is 11.3 Å². The quantitative estimate of drug-likeness (QED) is 0.440. The molecular weight excluding hydrogens is 426 g/mol. The van der Waals surface area contributed by atoms with Crippen LogP contribution in [-0.4, -0.2) is 63.3 Å². The lowest BCUT2D eigenvalue weighted by atomic mass is 10.2. The molecule has 172 valence electrons. The molecule has 0 spiro atoms. The van der Waals surface area contributed by atoms with E-state index in [-0.39, 0.29) is 12.0 Å². The van der Waals surface area contributed by atoms with Gasteiger partial charge >= 0.3 is 0 Å². The Balaban J connectivity index is 1.93. The second-order valence-corrected chi connectivity index (χ2v) is 8.99. The van der Waals surface area contributed by atoms with Crippen LogP contribution in [0.4, 0.5) is 5.13 Å². The molecule has 1 heterocycles. The molecule has 0 N–H and O–H groups in total. The number of thiazole rings is 1. The zero-order chi connectivity index (χ0) is 23.3. The number of hydrogen-bond acceptors (Lipinski definition) is 7. The number of hydrogen-bond donors (Lipinski definition) is 0. The lowest BCUT2D eigenvalue weighted by Gasteiger charge is -2.21. The van der Waals surface area contributed by atoms with Crippen LogP contribution in [0.15, 0.2) is 36.4 Å². The van der Waals surface area contributed by atoms with Crippen molar-refractivity contribution in [3.8, 4) is 17.2 Å². The van der Waals surface area contributed by atoms with E-state index in [1.807, 2.05) is 52.2 Å². The van der Waals surface area contributed by atoms with Crippen molar-refractivity contribution in [1.82, 2.24) is 9.88 Å². The van der Waals surface area contributed by atoms with Gasteiger partial charge < -0.3 is 19.1 Å². The molecule has 3 aromatic rings. The van der Waals surface area contributed by atoms with E-state index in [9.17, 15) is 4.79 Å². The molecule has 0 saturated heterocycles. The Morgan fingerprint density at radius 1 is 1.03 bits per heavy atom. The van der Waals surface area contributed by atoms with Crippen LogP contribution in [0.3, 0.4) is 0 Å². The van der Waals surface area contributed by atoms with Gasteiger partial charge in [-0.3, -0.25) is 9.69 Å². The molecule has 3 rings (SSSR count). The molecular formula is C24H31N3O4S. The van der Waals surface area contributed by atoms with Crippen molar-refractivity contribution in [2.45, 2.75) is 26.4 Å². The number of rotatable bonds is 10. The van der Waals surface area contributed by atoms with Crippen LogP contribution in [0.25, 0.3) is 10.2 Å². The summed E-state index contributed by atoms with van der Waals surface area (Å²) in [5, 5.41) is 0.654. The number of benzene rings is 2. The number of anilines is 1. The zero-order valence-corrected chi connectivity index (χ0v) is 20.4. The first-order chi connectivity index (χ1) is 15.3. The van der Waals surface area contributed by atoms with Crippen LogP contribution < -0.4 is 19.1 Å². The smallest absolute Gasteiger partial charge is 0.260 e. The Hall–Kier alpha value is -2.84. The SMILES string of the molecule is COc1cc2nc(N(CCCN(C)C)C(=O)c3ccc(OC(C)C)cc3)sc2cc1OC. The summed E-state index contributed by atoms with van der Waals surface area (Å²) in [6.07, 6.45) is 0.909. The van der Waals surface area contributed by atoms with E-state index >= 15 is 0 Å². The minimum atomic E-state index is -0.0853. The fourth-order valence-electron chi connectivity index (χ4n) is 3.29. The lowest BCUT2D eigenvalue weighted by Crippen LogP contribution is -2.33. The molecule has 32 heavy (non-hydrogen) atoms. The van der Waals surface area contributed by atoms with E-state index in [0.717, 1.165) is 28.9 Å². The topological polar surface area (TPSA) is 64.1 Å². The van der Waals surface area contributed by atoms with Crippen molar-refractivity contribution in [2.75, 3.05) is 46.3 Å². The third-order valence-electron chi connectivity index (χ3n) is 4.82. The van der Waals surface area contributed by atoms with Crippen molar-refractivity contribution in [1.29, 1.82) is 0 Å². The number of fused-ring (bicyclic) bond motifs is 1. The van der Waals surface area contributed by atoms with Gasteiger partial charge in [0.05, 0.1) is 30.5 Å². The maximum absolute atomic E-state index is 13.5. The Kier molecular flexibility index (Phi) is 7.93. The van der Waals surface area contributed by atoms with Crippen molar-refractivity contribution in [3.63, 3.8) is 0 Å². The first-order valence-corrected chi connectivity index (χ1v) is 11.4. The molecule has 0 bridgehead atoms. The van der Waals surface area contributed by atoms with Gasteiger partial charge in [0.25, 0.3) is 5.91 Å². The molecule has 0 saturated carbocycles. The maximum Gasteiger partial charge on any atom is 0.260 e. The van der Waals surface area contributed by atoms with Gasteiger partial charge in [0.1, 0.15) is 5.75 Å². The number of nitrogens with zero attached hydrogens (tertiary/aromatic N) is 3. The van der Waals surface area contributed by atoms with Crippen molar-refractivity contribution in [3.05, 3.63) is 42.0 Å². The van der Waals surface area contributed by atoms with E-state index in [2.05, 4.69) is 4.90 Å². The van der Waals surface area contributed by atoms with Crippen LogP contribution in [-0.2, 0) is 0 Å². The zero-order valence-electron chi connectivity index (χ0n) is 19.5. The number of ether oxygens (including phenoxy) is 3. The first-order valence-electron chi connectivity index (χ1n) is 10.6. The Bertz CT molecular complexity index is 1010. The van der Waals surface area contributed by atoms with E-state index in [0.29, 0.717) is 28.7 Å². The summed E-state index contributed by atoms with van der Waals surface area (Å²) in [6.45, 7) is 5.39. The third-order valence-corrected chi connectivity index (χ3v) is 5.86. The lowest BCUT2D eigenvalue weighted by molar-refractivity contribution is 0.0986. The molecule has 7 nitrogen and oxygen atoms in total. The number of carbonyl (C=O) groups is 1. The van der Waals surface area contributed by atoms with E-state index in [1.54, 1.807) is 31.3 Å². The van der Waals surface area contributed by atoms with Crippen LogP contribution in [0.1, 0.15) is 30.6 Å². The van der Waals surface area contributed by atoms with Gasteiger partial charge in [-0.05, 0) is 65.2 Å². The highest BCUT2D eigenvalue weighted by Crippen LogP contribution is 2.37. The van der Waals surface area contributed by atoms with Crippen LogP contribution in [0.2, 0.25) is 0 Å². The van der Waals surface area contributed by atoms with Crippen LogP contribution in [0.5, 0.6) is 17.2 Å². The van der Waals surface area contributed by atoms with Gasteiger partial charge in [0.15, 0.2) is 16.6 Å². The Labute approximate surface area is 193 Å². The summed E-state index contributed by atoms with van der Waals surface area (Å²) in [4.78, 5) is 22.1. The molecule has 0 fully saturated rings. The van der Waals surface area contributed by atoms with Crippen molar-refractivity contribution in [2.24, 2.45) is 0 Å². The molecule has 1 aromatic heterocycles. The second-order valence-electron chi connectivity index (χ2n) is 7.98. The van der Waals surface area contributed by atoms with Gasteiger partial charge in [0.2, 0.25) is 0 Å². The standard InChI is InChI=1S/C24H31N3O4S/c1-16(2)31-18-10-8-17(9-11-18)23(28)27(13-7-12-26(3)4)24-25-19-14-20(29-5)21(30-6)15-22(19)32-24/h8-11,14-16H,7,12-13H2,1-6H3. The Morgan fingerprint density at radius 3 is 2.28 bits per heavy atom. The molecule has 0 aliphatic carbocycles. The molecule has 2 aromatic carbocycles. The monoisotopic (exact) mass is 457 g/mol. The largest absolute Gasteiger partial charge is 0.493 e. The van der Waals surface area contributed by atoms with E-state index < -0.39 is 0 Å². The number of aromatic nitrogens is 1. The van der Waals surface area contributed by atoms with E-state index in [1.165, 1.54) is 11.3 Å². The van der Waals surface area contributed by atoms with E-state index in [4.69, 9.17) is 19.2 Å². The average Bonchev–Trinajstić information content (AvgIpc) is 3.17. The molecule has 0 atom stereocenters. The van der Waals surface area contributed by atoms with Gasteiger partial charge in [-0.15, -0.1) is 0 Å². The highest BCUT2D eigenvalue weighted by Gasteiger charge is 2.22. The minimum absolute atomic E-state index is 0.0795. The first kappa shape index (κ1) is 23.8. The molecule has 0 radical (unpaired) electrons. The van der Waals surface area contributed by atoms with Crippen LogP contribution in [0, 0.1) is 0 Å². The Morgan fingerprint density at radius 2 is 1.69 bits per heavy atom. The molecule has 1 amide bonds. The highest BCUT2D eigenvalue weighted by molar-refractivity contribution is 7.22. The highest BCUT2D eigenvalue weighted by atomic mass is 32.1. The van der Waals surface area contributed by atoms with Gasteiger partial charge in [-0.1, -0.05) is 11.3 Å². The fraction of sp³-hybridized carbons (Fsp3) is 0.417. The van der Waals surface area contributed by atoms with Gasteiger partial charge in [-0.2, -0.15) is 0 Å². The van der Waals surface area contributed by atoms with Gasteiger partial charge in [0, 0.05) is 24.2 Å². The molecule has 8 heteroatoms. The maximum atomic E-state index is 13.5. The normalized spacial score (nSPS) is 11.2. The van der Waals surface area contributed by atoms with Crippen molar-refractivity contribution >= 4 is 32.6 Å². The molecule has 0 aliphatic heterocycles. The predicted octanol–water partition coefficient (Wildman–Crippen LogP) is 4.70. The molecule has 0 unspecified atom stereocenters. The second kappa shape index (κ2) is 10.7. The summed E-state index contributed by atoms with van der Waals surface area (Å²) in [6, 6.07) is 11.0. The summed E-state index contributed by atoms with van der Waals surface area (Å²) < 4.78 is 17.5. The predicted molar refractivity (Wildman–Crippen MR) is 130 cm³/mol. The van der Waals surface area contributed by atoms with Gasteiger partial charge in [-0.25, -0.2) is 4.98 Å². The fourth-order valence-corrected chi connectivity index (χ4v) is 4.29. The number of carbonyl (C=O) groups excluding carboxylic acids is 1.